The summed E-state index contributed by atoms with van der Waals surface area (Å²) < 4.78 is 60.5. The van der Waals surface area contributed by atoms with E-state index in [1.165, 1.54) is 24.3 Å². The van der Waals surface area contributed by atoms with Crippen LogP contribution in [0.15, 0.2) is 88.7 Å². The summed E-state index contributed by atoms with van der Waals surface area (Å²) in [5.41, 5.74) is 1.65. The number of carbonyl (C=O) groups is 1. The van der Waals surface area contributed by atoms with E-state index in [-0.39, 0.29) is 29.4 Å². The van der Waals surface area contributed by atoms with Crippen LogP contribution in [0.4, 0.5) is 0 Å². The largest absolute Gasteiger partial charge is 0.494 e. The molecule has 0 aliphatic rings. The second kappa shape index (κ2) is 12.8. The molecule has 0 aliphatic heterocycles. The van der Waals surface area contributed by atoms with Crippen LogP contribution < -0.4 is 14.8 Å². The lowest BCUT2D eigenvalue weighted by molar-refractivity contribution is -0.121. The highest BCUT2D eigenvalue weighted by Crippen LogP contribution is 2.21. The van der Waals surface area contributed by atoms with E-state index >= 15 is 0 Å². The smallest absolute Gasteiger partial charge is 0.243 e. The van der Waals surface area contributed by atoms with Crippen LogP contribution >= 0.6 is 0 Å². The van der Waals surface area contributed by atoms with Gasteiger partial charge in [0.25, 0.3) is 0 Å². The molecule has 1 amide bonds. The highest BCUT2D eigenvalue weighted by molar-refractivity contribution is 7.89. The Morgan fingerprint density at radius 2 is 1.46 bits per heavy atom. The summed E-state index contributed by atoms with van der Waals surface area (Å²) in [5, 5.41) is 2.59. The standard InChI is InChI=1S/C26H31N3O6S2/c1-3-35-23-11-15-25(16-12-23)37(33,34)29(19-22-7-5-4-6-8-22)20-26(30)27-17-18-28-36(31,32)24-13-9-21(2)10-14-24/h4-16,28H,3,17-20H2,1-2H3,(H,27,30). The zero-order chi connectivity index (χ0) is 26.9. The zero-order valence-electron chi connectivity index (χ0n) is 20.8. The third kappa shape index (κ3) is 8.12. The molecule has 0 atom stereocenters. The van der Waals surface area contributed by atoms with E-state index in [1.54, 1.807) is 48.5 Å². The monoisotopic (exact) mass is 545 g/mol. The van der Waals surface area contributed by atoms with E-state index in [2.05, 4.69) is 10.0 Å². The molecule has 0 aromatic heterocycles. The van der Waals surface area contributed by atoms with Crippen LogP contribution in [-0.4, -0.2) is 53.3 Å². The van der Waals surface area contributed by atoms with Gasteiger partial charge in [0.15, 0.2) is 0 Å². The number of amides is 1. The number of hydrogen-bond acceptors (Lipinski definition) is 6. The minimum Gasteiger partial charge on any atom is -0.494 e. The Labute approximate surface area is 218 Å². The van der Waals surface area contributed by atoms with Crippen LogP contribution in [0.1, 0.15) is 18.1 Å². The van der Waals surface area contributed by atoms with E-state index in [0.717, 1.165) is 15.4 Å². The fourth-order valence-electron chi connectivity index (χ4n) is 3.44. The molecule has 2 N–H and O–H groups in total. The van der Waals surface area contributed by atoms with Gasteiger partial charge in [-0.3, -0.25) is 4.79 Å². The topological polar surface area (TPSA) is 122 Å². The first-order chi connectivity index (χ1) is 17.6. The molecule has 37 heavy (non-hydrogen) atoms. The number of aryl methyl sites for hydroxylation is 1. The van der Waals surface area contributed by atoms with Crippen molar-refractivity contribution in [3.63, 3.8) is 0 Å². The van der Waals surface area contributed by atoms with Crippen LogP contribution in [0, 0.1) is 6.92 Å². The lowest BCUT2D eigenvalue weighted by atomic mass is 10.2. The minimum atomic E-state index is -4.01. The van der Waals surface area contributed by atoms with Gasteiger partial charge in [-0.05, 0) is 55.8 Å². The molecular weight excluding hydrogens is 514 g/mol. The quantitative estimate of drug-likeness (QED) is 0.319. The van der Waals surface area contributed by atoms with Crippen molar-refractivity contribution < 1.29 is 26.4 Å². The number of nitrogens with zero attached hydrogens (tertiary/aromatic N) is 1. The lowest BCUT2D eigenvalue weighted by Crippen LogP contribution is -2.42. The van der Waals surface area contributed by atoms with Gasteiger partial charge in [0.1, 0.15) is 5.75 Å². The van der Waals surface area contributed by atoms with Crippen molar-refractivity contribution in [3.05, 3.63) is 90.0 Å². The van der Waals surface area contributed by atoms with Crippen molar-refractivity contribution in [2.24, 2.45) is 0 Å². The number of hydrogen-bond donors (Lipinski definition) is 2. The first kappa shape index (κ1) is 28.3. The van der Waals surface area contributed by atoms with Gasteiger partial charge in [0.05, 0.1) is 22.9 Å². The van der Waals surface area contributed by atoms with Crippen molar-refractivity contribution >= 4 is 26.0 Å². The summed E-state index contributed by atoms with van der Waals surface area (Å²) in [6, 6.07) is 21.4. The van der Waals surface area contributed by atoms with E-state index < -0.39 is 32.5 Å². The molecule has 11 heteroatoms. The van der Waals surface area contributed by atoms with Crippen molar-refractivity contribution in [1.29, 1.82) is 0 Å². The van der Waals surface area contributed by atoms with Gasteiger partial charge in [-0.2, -0.15) is 4.31 Å². The predicted molar refractivity (Wildman–Crippen MR) is 141 cm³/mol. The highest BCUT2D eigenvalue weighted by atomic mass is 32.2. The van der Waals surface area contributed by atoms with Crippen LogP contribution in [-0.2, 0) is 31.4 Å². The van der Waals surface area contributed by atoms with E-state index in [1.807, 2.05) is 19.9 Å². The molecule has 3 rings (SSSR count). The number of nitrogens with one attached hydrogen (secondary N) is 2. The fraction of sp³-hybridized carbons (Fsp3) is 0.269. The molecule has 0 spiro atoms. The molecule has 0 heterocycles. The van der Waals surface area contributed by atoms with Crippen molar-refractivity contribution in [2.75, 3.05) is 26.2 Å². The van der Waals surface area contributed by atoms with Gasteiger partial charge in [-0.25, -0.2) is 21.6 Å². The SMILES string of the molecule is CCOc1ccc(S(=O)(=O)N(CC(=O)NCCNS(=O)(=O)c2ccc(C)cc2)Cc2ccccc2)cc1. The number of sulfonamides is 2. The van der Waals surface area contributed by atoms with Gasteiger partial charge in [-0.15, -0.1) is 0 Å². The summed E-state index contributed by atoms with van der Waals surface area (Å²) >= 11 is 0. The van der Waals surface area contributed by atoms with Crippen LogP contribution in [0.5, 0.6) is 5.75 Å². The molecule has 0 aliphatic carbocycles. The number of benzene rings is 3. The predicted octanol–water partition coefficient (Wildman–Crippen LogP) is 2.68. The van der Waals surface area contributed by atoms with Crippen LogP contribution in [0.3, 0.4) is 0 Å². The first-order valence-corrected chi connectivity index (χ1v) is 14.6. The molecular formula is C26H31N3O6S2. The van der Waals surface area contributed by atoms with Gasteiger partial charge < -0.3 is 10.1 Å². The Morgan fingerprint density at radius 3 is 2.08 bits per heavy atom. The van der Waals surface area contributed by atoms with Crippen molar-refractivity contribution in [2.45, 2.75) is 30.2 Å². The molecule has 0 fully saturated rings. The maximum absolute atomic E-state index is 13.4. The van der Waals surface area contributed by atoms with Gasteiger partial charge >= 0.3 is 0 Å². The highest BCUT2D eigenvalue weighted by Gasteiger charge is 2.27. The van der Waals surface area contributed by atoms with Gasteiger partial charge in [0, 0.05) is 19.6 Å². The molecule has 0 saturated heterocycles. The van der Waals surface area contributed by atoms with Gasteiger partial charge in [0.2, 0.25) is 26.0 Å². The Hall–Kier alpha value is -3.25. The summed E-state index contributed by atoms with van der Waals surface area (Å²) in [6.07, 6.45) is 0. The second-order valence-electron chi connectivity index (χ2n) is 8.22. The zero-order valence-corrected chi connectivity index (χ0v) is 22.4. The molecule has 3 aromatic rings. The average molecular weight is 546 g/mol. The third-order valence-electron chi connectivity index (χ3n) is 5.36. The molecule has 0 bridgehead atoms. The Morgan fingerprint density at radius 1 is 0.838 bits per heavy atom. The Balaban J connectivity index is 1.65. The van der Waals surface area contributed by atoms with E-state index in [9.17, 15) is 21.6 Å². The van der Waals surface area contributed by atoms with Crippen LogP contribution in [0.25, 0.3) is 0 Å². The summed E-state index contributed by atoms with van der Waals surface area (Å²) in [4.78, 5) is 12.8. The Bertz CT molecular complexity index is 1380. The summed E-state index contributed by atoms with van der Waals surface area (Å²) in [6.45, 7) is 3.64. The number of carbonyl (C=O) groups excluding carboxylic acids is 1. The lowest BCUT2D eigenvalue weighted by Gasteiger charge is -2.22. The number of ether oxygens (including phenoxy) is 1. The molecule has 0 unspecified atom stereocenters. The van der Waals surface area contributed by atoms with Crippen molar-refractivity contribution in [3.8, 4) is 5.75 Å². The molecule has 3 aromatic carbocycles. The minimum absolute atomic E-state index is 0.00774. The van der Waals surface area contributed by atoms with Crippen molar-refractivity contribution in [1.82, 2.24) is 14.3 Å². The maximum atomic E-state index is 13.4. The van der Waals surface area contributed by atoms with Crippen LogP contribution in [0.2, 0.25) is 0 Å². The van der Waals surface area contributed by atoms with E-state index in [4.69, 9.17) is 4.74 Å². The molecule has 0 radical (unpaired) electrons. The van der Waals surface area contributed by atoms with Gasteiger partial charge in [-0.1, -0.05) is 48.0 Å². The third-order valence-corrected chi connectivity index (χ3v) is 8.65. The fourth-order valence-corrected chi connectivity index (χ4v) is 5.86. The maximum Gasteiger partial charge on any atom is 0.243 e. The van der Waals surface area contributed by atoms with E-state index in [0.29, 0.717) is 12.4 Å². The summed E-state index contributed by atoms with van der Waals surface area (Å²) in [5.74, 6) is -0.0122. The summed E-state index contributed by atoms with van der Waals surface area (Å²) in [7, 11) is -7.74. The molecule has 198 valence electrons. The normalized spacial score (nSPS) is 11.9. The first-order valence-electron chi connectivity index (χ1n) is 11.7. The molecule has 0 saturated carbocycles. The average Bonchev–Trinajstić information content (AvgIpc) is 2.88. The second-order valence-corrected chi connectivity index (χ2v) is 11.9. The molecule has 9 nitrogen and oxygen atoms in total. The Kier molecular flexibility index (Phi) is 9.81. The number of rotatable bonds is 13.